The second-order valence-corrected chi connectivity index (χ2v) is 6.60. The SMILES string of the molecule is CC1=CSC(c2ccc(Cl)cc2)N1C1CCCNC1. The fourth-order valence-electron chi connectivity index (χ4n) is 2.89. The van der Waals surface area contributed by atoms with Crippen LogP contribution >= 0.6 is 23.4 Å². The molecule has 2 atom stereocenters. The summed E-state index contributed by atoms with van der Waals surface area (Å²) in [5.74, 6) is 0. The smallest absolute Gasteiger partial charge is 0.105 e. The maximum Gasteiger partial charge on any atom is 0.105 e. The standard InChI is InChI=1S/C15H19ClN2S/c1-11-10-19-15(12-4-6-13(16)7-5-12)18(11)14-3-2-8-17-9-14/h4-7,10,14-15,17H,2-3,8-9H2,1H3. The minimum absolute atomic E-state index is 0.405. The monoisotopic (exact) mass is 294 g/mol. The molecule has 0 bridgehead atoms. The first-order valence-corrected chi connectivity index (χ1v) is 8.14. The summed E-state index contributed by atoms with van der Waals surface area (Å²) < 4.78 is 0. The second kappa shape index (κ2) is 5.78. The van der Waals surface area contributed by atoms with Crippen molar-refractivity contribution in [1.29, 1.82) is 0 Å². The molecule has 1 aromatic carbocycles. The quantitative estimate of drug-likeness (QED) is 0.887. The molecule has 1 saturated heterocycles. The Balaban J connectivity index is 1.82. The van der Waals surface area contributed by atoms with Gasteiger partial charge in [-0.05, 0) is 49.4 Å². The fraction of sp³-hybridized carbons (Fsp3) is 0.467. The predicted octanol–water partition coefficient (Wildman–Crippen LogP) is 4.00. The average molecular weight is 295 g/mol. The lowest BCUT2D eigenvalue weighted by molar-refractivity contribution is 0.204. The molecule has 0 aliphatic carbocycles. The molecular formula is C15H19ClN2S. The zero-order valence-corrected chi connectivity index (χ0v) is 12.7. The number of piperidine rings is 1. The van der Waals surface area contributed by atoms with Crippen LogP contribution in [-0.2, 0) is 0 Å². The third kappa shape index (κ3) is 2.78. The summed E-state index contributed by atoms with van der Waals surface area (Å²) in [5, 5.41) is 7.01. The zero-order chi connectivity index (χ0) is 13.2. The van der Waals surface area contributed by atoms with Gasteiger partial charge in [-0.15, -0.1) is 11.8 Å². The number of hydrogen-bond donors (Lipinski definition) is 1. The largest absolute Gasteiger partial charge is 0.354 e. The highest BCUT2D eigenvalue weighted by molar-refractivity contribution is 8.02. The van der Waals surface area contributed by atoms with E-state index in [0.29, 0.717) is 11.4 Å². The molecular weight excluding hydrogens is 276 g/mol. The lowest BCUT2D eigenvalue weighted by atomic mass is 10.0. The van der Waals surface area contributed by atoms with E-state index >= 15 is 0 Å². The summed E-state index contributed by atoms with van der Waals surface area (Å²) in [6, 6.07) is 8.89. The molecule has 19 heavy (non-hydrogen) atoms. The molecule has 0 radical (unpaired) electrons. The van der Waals surface area contributed by atoms with Gasteiger partial charge in [0.15, 0.2) is 0 Å². The van der Waals surface area contributed by atoms with Crippen LogP contribution in [0, 0.1) is 0 Å². The third-order valence-corrected chi connectivity index (χ3v) is 5.33. The van der Waals surface area contributed by atoms with Gasteiger partial charge in [0.05, 0.1) is 0 Å². The van der Waals surface area contributed by atoms with Gasteiger partial charge in [0.25, 0.3) is 0 Å². The van der Waals surface area contributed by atoms with E-state index < -0.39 is 0 Å². The Kier molecular flexibility index (Phi) is 4.06. The second-order valence-electron chi connectivity index (χ2n) is 5.21. The van der Waals surface area contributed by atoms with Gasteiger partial charge in [0.1, 0.15) is 5.37 Å². The maximum absolute atomic E-state index is 5.99. The molecule has 0 amide bonds. The summed E-state index contributed by atoms with van der Waals surface area (Å²) in [5.41, 5.74) is 2.73. The topological polar surface area (TPSA) is 15.3 Å². The summed E-state index contributed by atoms with van der Waals surface area (Å²) in [7, 11) is 0. The molecule has 0 saturated carbocycles. The van der Waals surface area contributed by atoms with Crippen LogP contribution in [0.25, 0.3) is 0 Å². The molecule has 4 heteroatoms. The first-order valence-electron chi connectivity index (χ1n) is 6.82. The van der Waals surface area contributed by atoms with Crippen molar-refractivity contribution in [3.8, 4) is 0 Å². The van der Waals surface area contributed by atoms with Crippen LogP contribution in [0.3, 0.4) is 0 Å². The molecule has 102 valence electrons. The minimum Gasteiger partial charge on any atom is -0.354 e. The van der Waals surface area contributed by atoms with Crippen LogP contribution in [0.15, 0.2) is 35.4 Å². The Hall–Kier alpha value is -0.640. The molecule has 2 aliphatic rings. The van der Waals surface area contributed by atoms with Crippen LogP contribution in [0.2, 0.25) is 5.02 Å². The van der Waals surface area contributed by atoms with Crippen LogP contribution in [0.4, 0.5) is 0 Å². The molecule has 1 aromatic rings. The van der Waals surface area contributed by atoms with Crippen molar-refractivity contribution in [2.75, 3.05) is 13.1 Å². The molecule has 1 N–H and O–H groups in total. The maximum atomic E-state index is 5.99. The van der Waals surface area contributed by atoms with E-state index in [1.807, 2.05) is 23.9 Å². The normalized spacial score (nSPS) is 27.5. The minimum atomic E-state index is 0.405. The number of allylic oxidation sites excluding steroid dienone is 1. The number of thioether (sulfide) groups is 1. The molecule has 3 rings (SSSR count). The summed E-state index contributed by atoms with van der Waals surface area (Å²) in [6.45, 7) is 4.47. The zero-order valence-electron chi connectivity index (χ0n) is 11.1. The molecule has 2 aliphatic heterocycles. The molecule has 2 nitrogen and oxygen atoms in total. The van der Waals surface area contributed by atoms with E-state index in [2.05, 4.69) is 34.7 Å². The van der Waals surface area contributed by atoms with Crippen LogP contribution in [0.5, 0.6) is 0 Å². The number of halogens is 1. The van der Waals surface area contributed by atoms with Gasteiger partial charge in [0.2, 0.25) is 0 Å². The molecule has 1 fully saturated rings. The van der Waals surface area contributed by atoms with Gasteiger partial charge in [-0.1, -0.05) is 23.7 Å². The highest BCUT2D eigenvalue weighted by Crippen LogP contribution is 2.44. The van der Waals surface area contributed by atoms with E-state index in [-0.39, 0.29) is 0 Å². The molecule has 2 heterocycles. The van der Waals surface area contributed by atoms with Gasteiger partial charge in [0, 0.05) is 23.3 Å². The van der Waals surface area contributed by atoms with Gasteiger partial charge >= 0.3 is 0 Å². The Morgan fingerprint density at radius 2 is 2.11 bits per heavy atom. The van der Waals surface area contributed by atoms with Crippen molar-refractivity contribution in [2.45, 2.75) is 31.2 Å². The Morgan fingerprint density at radius 1 is 1.32 bits per heavy atom. The molecule has 2 unspecified atom stereocenters. The third-order valence-electron chi connectivity index (χ3n) is 3.85. The van der Waals surface area contributed by atoms with Gasteiger partial charge in [-0.25, -0.2) is 0 Å². The van der Waals surface area contributed by atoms with E-state index in [9.17, 15) is 0 Å². The predicted molar refractivity (Wildman–Crippen MR) is 83.3 cm³/mol. The van der Waals surface area contributed by atoms with Crippen molar-refractivity contribution in [3.05, 3.63) is 46.0 Å². The summed E-state index contributed by atoms with van der Waals surface area (Å²) in [4.78, 5) is 2.57. The van der Waals surface area contributed by atoms with Crippen molar-refractivity contribution in [3.63, 3.8) is 0 Å². The van der Waals surface area contributed by atoms with Crippen molar-refractivity contribution < 1.29 is 0 Å². The average Bonchev–Trinajstić information content (AvgIpc) is 2.82. The van der Waals surface area contributed by atoms with Gasteiger partial charge < -0.3 is 10.2 Å². The number of rotatable bonds is 2. The van der Waals surface area contributed by atoms with E-state index in [0.717, 1.165) is 18.1 Å². The number of nitrogens with zero attached hydrogens (tertiary/aromatic N) is 1. The lowest BCUT2D eigenvalue weighted by Gasteiger charge is -2.38. The van der Waals surface area contributed by atoms with Crippen LogP contribution in [0.1, 0.15) is 30.7 Å². The van der Waals surface area contributed by atoms with Crippen LogP contribution < -0.4 is 5.32 Å². The first-order chi connectivity index (χ1) is 9.25. The van der Waals surface area contributed by atoms with Crippen LogP contribution in [-0.4, -0.2) is 24.0 Å². The number of benzene rings is 1. The highest BCUT2D eigenvalue weighted by atomic mass is 35.5. The Morgan fingerprint density at radius 3 is 2.79 bits per heavy atom. The lowest BCUT2D eigenvalue weighted by Crippen LogP contribution is -2.44. The van der Waals surface area contributed by atoms with Crippen molar-refractivity contribution in [2.24, 2.45) is 0 Å². The van der Waals surface area contributed by atoms with Gasteiger partial charge in [-0.3, -0.25) is 0 Å². The first kappa shape index (κ1) is 13.3. The fourth-order valence-corrected chi connectivity index (χ4v) is 4.25. The van der Waals surface area contributed by atoms with Crippen molar-refractivity contribution >= 4 is 23.4 Å². The Bertz CT molecular complexity index is 466. The number of nitrogens with one attached hydrogen (secondary N) is 1. The van der Waals surface area contributed by atoms with E-state index in [4.69, 9.17) is 11.6 Å². The molecule has 0 spiro atoms. The highest BCUT2D eigenvalue weighted by Gasteiger charge is 2.32. The van der Waals surface area contributed by atoms with E-state index in [1.54, 1.807) is 0 Å². The summed E-state index contributed by atoms with van der Waals surface area (Å²) >= 11 is 7.89. The van der Waals surface area contributed by atoms with Gasteiger partial charge in [-0.2, -0.15) is 0 Å². The van der Waals surface area contributed by atoms with Crippen molar-refractivity contribution in [1.82, 2.24) is 10.2 Å². The summed E-state index contributed by atoms with van der Waals surface area (Å²) in [6.07, 6.45) is 2.55. The Labute approximate surface area is 124 Å². The van der Waals surface area contributed by atoms with E-state index in [1.165, 1.54) is 24.1 Å². The number of hydrogen-bond acceptors (Lipinski definition) is 3. The molecule has 0 aromatic heterocycles.